The molecule has 0 spiro atoms. The van der Waals surface area contributed by atoms with Crippen LogP contribution in [0.25, 0.3) is 0 Å². The lowest BCUT2D eigenvalue weighted by molar-refractivity contribution is 0.103. The van der Waals surface area contributed by atoms with E-state index in [2.05, 4.69) is 5.32 Å². The van der Waals surface area contributed by atoms with Crippen LogP contribution in [-0.2, 0) is 0 Å². The molecule has 0 fully saturated rings. The highest BCUT2D eigenvalue weighted by atomic mass is 35.5. The van der Waals surface area contributed by atoms with E-state index < -0.39 is 0 Å². The molecule has 0 radical (unpaired) electrons. The van der Waals surface area contributed by atoms with Gasteiger partial charge in [0.25, 0.3) is 0 Å². The average Bonchev–Trinajstić information content (AvgIpc) is 2.88. The van der Waals surface area contributed by atoms with Gasteiger partial charge in [-0.05, 0) is 42.8 Å². The van der Waals surface area contributed by atoms with Gasteiger partial charge in [0.1, 0.15) is 4.34 Å². The summed E-state index contributed by atoms with van der Waals surface area (Å²) in [6.07, 6.45) is 0. The van der Waals surface area contributed by atoms with E-state index in [4.69, 9.17) is 34.8 Å². The summed E-state index contributed by atoms with van der Waals surface area (Å²) in [6, 6.07) is 14.7. The zero-order chi connectivity index (χ0) is 17.3. The predicted molar refractivity (Wildman–Crippen MR) is 104 cm³/mol. The Bertz CT molecular complexity index is 920. The summed E-state index contributed by atoms with van der Waals surface area (Å²) < 4.78 is 0.834. The van der Waals surface area contributed by atoms with E-state index in [1.165, 1.54) is 0 Å². The van der Waals surface area contributed by atoms with Gasteiger partial charge >= 0.3 is 0 Å². The van der Waals surface area contributed by atoms with Crippen LogP contribution in [0, 0.1) is 6.92 Å². The Morgan fingerprint density at radius 1 is 1.00 bits per heavy atom. The average molecular weight is 397 g/mol. The molecule has 0 aliphatic carbocycles. The van der Waals surface area contributed by atoms with Gasteiger partial charge in [-0.25, -0.2) is 0 Å². The van der Waals surface area contributed by atoms with Crippen molar-refractivity contribution in [2.45, 2.75) is 6.92 Å². The third kappa shape index (κ3) is 3.60. The fraction of sp³-hybridized carbons (Fsp3) is 0.0556. The van der Waals surface area contributed by atoms with Gasteiger partial charge in [0.2, 0.25) is 0 Å². The lowest BCUT2D eigenvalue weighted by atomic mass is 10.1. The molecule has 0 atom stereocenters. The quantitative estimate of drug-likeness (QED) is 0.481. The number of para-hydroxylation sites is 1. The Morgan fingerprint density at radius 3 is 2.38 bits per heavy atom. The second kappa shape index (κ2) is 7.16. The molecule has 2 nitrogen and oxygen atoms in total. The molecule has 1 heterocycles. The number of hydrogen-bond donors (Lipinski definition) is 1. The summed E-state index contributed by atoms with van der Waals surface area (Å²) in [7, 11) is 0. The van der Waals surface area contributed by atoms with E-state index in [1.807, 2.05) is 37.3 Å². The first-order chi connectivity index (χ1) is 11.5. The van der Waals surface area contributed by atoms with Crippen molar-refractivity contribution in [1.29, 1.82) is 0 Å². The second-order valence-corrected chi connectivity index (χ2v) is 7.89. The van der Waals surface area contributed by atoms with E-state index >= 15 is 0 Å². The third-order valence-electron chi connectivity index (χ3n) is 3.54. The van der Waals surface area contributed by atoms with Crippen LogP contribution in [0.3, 0.4) is 0 Å². The van der Waals surface area contributed by atoms with Gasteiger partial charge in [0, 0.05) is 16.9 Å². The fourth-order valence-electron chi connectivity index (χ4n) is 2.29. The standard InChI is InChI=1S/C18H12Cl3NOS/c1-10-4-2-3-5-15(10)22-11-6-7-12(14(19)8-11)17(23)13-9-16(20)24-18(13)21/h2-9,22H,1H3. The molecule has 3 rings (SSSR count). The summed E-state index contributed by atoms with van der Waals surface area (Å²) in [5.74, 6) is -0.240. The smallest absolute Gasteiger partial charge is 0.196 e. The van der Waals surface area contributed by atoms with Gasteiger partial charge in [0.05, 0.1) is 14.9 Å². The van der Waals surface area contributed by atoms with Crippen molar-refractivity contribution >= 4 is 63.3 Å². The largest absolute Gasteiger partial charge is 0.355 e. The molecule has 0 saturated heterocycles. The molecular formula is C18H12Cl3NOS. The van der Waals surface area contributed by atoms with Crippen molar-refractivity contribution in [2.24, 2.45) is 0 Å². The van der Waals surface area contributed by atoms with E-state index in [0.29, 0.717) is 24.8 Å². The maximum atomic E-state index is 12.6. The van der Waals surface area contributed by atoms with Crippen molar-refractivity contribution in [3.05, 3.63) is 78.9 Å². The topological polar surface area (TPSA) is 29.1 Å². The van der Waals surface area contributed by atoms with Gasteiger partial charge in [-0.15, -0.1) is 11.3 Å². The van der Waals surface area contributed by atoms with Crippen LogP contribution in [-0.4, -0.2) is 5.78 Å². The van der Waals surface area contributed by atoms with Gasteiger partial charge in [-0.1, -0.05) is 53.0 Å². The number of carbonyl (C=O) groups is 1. The molecule has 0 saturated carbocycles. The molecular weight excluding hydrogens is 385 g/mol. The third-order valence-corrected chi connectivity index (χ3v) is 5.34. The predicted octanol–water partition coefficient (Wildman–Crippen LogP) is 6.99. The molecule has 1 N–H and O–H groups in total. The molecule has 122 valence electrons. The summed E-state index contributed by atoms with van der Waals surface area (Å²) in [5, 5.41) is 3.65. The zero-order valence-electron chi connectivity index (χ0n) is 12.6. The summed E-state index contributed by atoms with van der Waals surface area (Å²) in [5.41, 5.74) is 3.67. The Labute approximate surface area is 159 Å². The number of carbonyl (C=O) groups excluding carboxylic acids is 1. The van der Waals surface area contributed by atoms with Crippen LogP contribution in [0.2, 0.25) is 13.7 Å². The first kappa shape index (κ1) is 17.3. The number of rotatable bonds is 4. The van der Waals surface area contributed by atoms with E-state index in [0.717, 1.165) is 28.3 Å². The molecule has 1 aromatic heterocycles. The number of hydrogen-bond acceptors (Lipinski definition) is 3. The minimum absolute atomic E-state index is 0.240. The molecule has 0 bridgehead atoms. The number of aryl methyl sites for hydroxylation is 1. The number of anilines is 2. The molecule has 0 amide bonds. The molecule has 3 aromatic rings. The summed E-state index contributed by atoms with van der Waals surface area (Å²) >= 11 is 19.4. The Kier molecular flexibility index (Phi) is 5.16. The van der Waals surface area contributed by atoms with E-state index in [9.17, 15) is 4.79 Å². The number of benzene rings is 2. The maximum Gasteiger partial charge on any atom is 0.196 e. The van der Waals surface area contributed by atoms with Gasteiger partial charge in [-0.2, -0.15) is 0 Å². The Hall–Kier alpha value is -1.52. The normalized spacial score (nSPS) is 10.7. The first-order valence-corrected chi connectivity index (χ1v) is 9.02. The minimum atomic E-state index is -0.240. The van der Waals surface area contributed by atoms with Gasteiger partial charge in [0.15, 0.2) is 5.78 Å². The zero-order valence-corrected chi connectivity index (χ0v) is 15.7. The van der Waals surface area contributed by atoms with Crippen molar-refractivity contribution in [1.82, 2.24) is 0 Å². The minimum Gasteiger partial charge on any atom is -0.355 e. The SMILES string of the molecule is Cc1ccccc1Nc1ccc(C(=O)c2cc(Cl)sc2Cl)c(Cl)c1. The van der Waals surface area contributed by atoms with Crippen molar-refractivity contribution in [2.75, 3.05) is 5.32 Å². The van der Waals surface area contributed by atoms with Gasteiger partial charge in [-0.3, -0.25) is 4.79 Å². The van der Waals surface area contributed by atoms with Crippen LogP contribution in [0.1, 0.15) is 21.5 Å². The second-order valence-electron chi connectivity index (χ2n) is 5.20. The summed E-state index contributed by atoms with van der Waals surface area (Å²) in [4.78, 5) is 12.6. The van der Waals surface area contributed by atoms with Gasteiger partial charge < -0.3 is 5.32 Å². The van der Waals surface area contributed by atoms with E-state index in [-0.39, 0.29) is 5.78 Å². The van der Waals surface area contributed by atoms with Crippen LogP contribution in [0.4, 0.5) is 11.4 Å². The monoisotopic (exact) mass is 395 g/mol. The molecule has 24 heavy (non-hydrogen) atoms. The molecule has 2 aromatic carbocycles. The Balaban J connectivity index is 1.89. The van der Waals surface area contributed by atoms with Crippen molar-refractivity contribution < 1.29 is 4.79 Å². The van der Waals surface area contributed by atoms with Crippen LogP contribution < -0.4 is 5.32 Å². The summed E-state index contributed by atoms with van der Waals surface area (Å²) in [6.45, 7) is 2.02. The highest BCUT2D eigenvalue weighted by Gasteiger charge is 2.19. The highest BCUT2D eigenvalue weighted by molar-refractivity contribution is 7.20. The molecule has 6 heteroatoms. The maximum absolute atomic E-state index is 12.6. The Morgan fingerprint density at radius 2 is 1.75 bits per heavy atom. The van der Waals surface area contributed by atoms with Crippen LogP contribution >= 0.6 is 46.1 Å². The first-order valence-electron chi connectivity index (χ1n) is 7.07. The molecule has 0 aliphatic rings. The van der Waals surface area contributed by atoms with E-state index in [1.54, 1.807) is 18.2 Å². The van der Waals surface area contributed by atoms with Crippen molar-refractivity contribution in [3.8, 4) is 0 Å². The molecule has 0 unspecified atom stereocenters. The van der Waals surface area contributed by atoms with Crippen LogP contribution in [0.15, 0.2) is 48.5 Å². The lowest BCUT2D eigenvalue weighted by Gasteiger charge is -2.11. The number of ketones is 1. The lowest BCUT2D eigenvalue weighted by Crippen LogP contribution is -2.02. The number of halogens is 3. The fourth-order valence-corrected chi connectivity index (χ4v) is 4.01. The molecule has 0 aliphatic heterocycles. The van der Waals surface area contributed by atoms with Crippen molar-refractivity contribution in [3.63, 3.8) is 0 Å². The number of nitrogens with one attached hydrogen (secondary N) is 1. The highest BCUT2D eigenvalue weighted by Crippen LogP contribution is 2.34. The van der Waals surface area contributed by atoms with Crippen LogP contribution in [0.5, 0.6) is 0 Å². The number of thiophene rings is 1.